The van der Waals surface area contributed by atoms with Gasteiger partial charge in [0.2, 0.25) is 0 Å². The molecule has 0 atom stereocenters. The van der Waals surface area contributed by atoms with Gasteiger partial charge in [0, 0.05) is 21.7 Å². The van der Waals surface area contributed by atoms with Crippen molar-refractivity contribution in [3.63, 3.8) is 0 Å². The van der Waals surface area contributed by atoms with Crippen LogP contribution in [0, 0.1) is 0 Å². The van der Waals surface area contributed by atoms with Gasteiger partial charge in [0.25, 0.3) is 0 Å². The smallest absolute Gasteiger partial charge is 0.164 e. The van der Waals surface area contributed by atoms with Crippen LogP contribution >= 0.6 is 11.6 Å². The molecule has 35 heavy (non-hydrogen) atoms. The zero-order chi connectivity index (χ0) is 23.6. The molecule has 4 heteroatoms. The van der Waals surface area contributed by atoms with Gasteiger partial charge in [0.05, 0.1) is 0 Å². The Kier molecular flexibility index (Phi) is 5.53. The number of benzene rings is 5. The Morgan fingerprint density at radius 1 is 0.371 bits per heavy atom. The van der Waals surface area contributed by atoms with Crippen LogP contribution in [-0.4, -0.2) is 15.0 Å². The van der Waals surface area contributed by atoms with Crippen molar-refractivity contribution in [1.82, 2.24) is 15.0 Å². The molecule has 0 bridgehead atoms. The van der Waals surface area contributed by atoms with Crippen LogP contribution in [0.15, 0.2) is 121 Å². The summed E-state index contributed by atoms with van der Waals surface area (Å²) in [7, 11) is 0. The molecule has 0 unspecified atom stereocenters. The predicted octanol–water partition coefficient (Wildman–Crippen LogP) is 8.35. The summed E-state index contributed by atoms with van der Waals surface area (Å²) in [5.41, 5.74) is 5.04. The molecule has 0 amide bonds. The molecular weight excluding hydrogens is 450 g/mol. The van der Waals surface area contributed by atoms with Crippen LogP contribution in [0.4, 0.5) is 0 Å². The monoisotopic (exact) mass is 469 g/mol. The molecular formula is C31H20ClN3. The van der Waals surface area contributed by atoms with Gasteiger partial charge in [-0.25, -0.2) is 15.0 Å². The maximum absolute atomic E-state index is 6.25. The topological polar surface area (TPSA) is 38.7 Å². The number of aromatic nitrogens is 3. The van der Waals surface area contributed by atoms with Crippen molar-refractivity contribution in [3.05, 3.63) is 126 Å². The Morgan fingerprint density at radius 2 is 0.914 bits per heavy atom. The van der Waals surface area contributed by atoms with Gasteiger partial charge in [-0.1, -0.05) is 115 Å². The summed E-state index contributed by atoms with van der Waals surface area (Å²) >= 11 is 6.25. The molecule has 0 aliphatic heterocycles. The van der Waals surface area contributed by atoms with E-state index in [1.807, 2.05) is 54.6 Å². The normalized spacial score (nSPS) is 11.0. The highest BCUT2D eigenvalue weighted by molar-refractivity contribution is 6.30. The summed E-state index contributed by atoms with van der Waals surface area (Å²) in [5.74, 6) is 1.85. The minimum Gasteiger partial charge on any atom is -0.208 e. The highest BCUT2D eigenvalue weighted by Crippen LogP contribution is 2.29. The highest BCUT2D eigenvalue weighted by atomic mass is 35.5. The lowest BCUT2D eigenvalue weighted by Crippen LogP contribution is -2.00. The van der Waals surface area contributed by atoms with Gasteiger partial charge < -0.3 is 0 Å². The SMILES string of the molecule is Clc1cccc(-c2nc(-c3ccccc3)nc(-c3ccc(-c4ccc5ccccc5c4)cc3)n2)c1. The molecule has 1 heterocycles. The van der Waals surface area contributed by atoms with Crippen LogP contribution in [0.25, 0.3) is 56.1 Å². The first kappa shape index (κ1) is 21.2. The molecule has 3 nitrogen and oxygen atoms in total. The second-order valence-corrected chi connectivity index (χ2v) is 8.76. The summed E-state index contributed by atoms with van der Waals surface area (Å²) in [6.45, 7) is 0. The van der Waals surface area contributed by atoms with Gasteiger partial charge in [-0.2, -0.15) is 0 Å². The molecule has 166 valence electrons. The largest absolute Gasteiger partial charge is 0.208 e. The number of nitrogens with zero attached hydrogens (tertiary/aromatic N) is 3. The first-order valence-corrected chi connectivity index (χ1v) is 11.8. The first-order chi connectivity index (χ1) is 17.2. The Bertz CT molecular complexity index is 1640. The van der Waals surface area contributed by atoms with Crippen molar-refractivity contribution < 1.29 is 0 Å². The maximum atomic E-state index is 6.25. The number of rotatable bonds is 4. The molecule has 0 spiro atoms. The highest BCUT2D eigenvalue weighted by Gasteiger charge is 2.12. The Morgan fingerprint density at radius 3 is 1.63 bits per heavy atom. The molecule has 6 aromatic rings. The Labute approximate surface area is 208 Å². The van der Waals surface area contributed by atoms with Crippen LogP contribution in [0.5, 0.6) is 0 Å². The molecule has 0 N–H and O–H groups in total. The number of hydrogen-bond donors (Lipinski definition) is 0. The lowest BCUT2D eigenvalue weighted by atomic mass is 10.00. The van der Waals surface area contributed by atoms with Crippen LogP contribution in [-0.2, 0) is 0 Å². The van der Waals surface area contributed by atoms with E-state index in [1.165, 1.54) is 16.3 Å². The molecule has 0 radical (unpaired) electrons. The van der Waals surface area contributed by atoms with Gasteiger partial charge >= 0.3 is 0 Å². The minimum absolute atomic E-state index is 0.593. The molecule has 6 rings (SSSR count). The van der Waals surface area contributed by atoms with Crippen LogP contribution in [0.1, 0.15) is 0 Å². The molecule has 0 aliphatic carbocycles. The summed E-state index contributed by atoms with van der Waals surface area (Å²) < 4.78 is 0. The lowest BCUT2D eigenvalue weighted by Gasteiger charge is -2.09. The molecule has 1 aromatic heterocycles. The van der Waals surface area contributed by atoms with E-state index in [1.54, 1.807) is 0 Å². The van der Waals surface area contributed by atoms with E-state index in [4.69, 9.17) is 26.6 Å². The zero-order valence-electron chi connectivity index (χ0n) is 18.8. The van der Waals surface area contributed by atoms with Crippen molar-refractivity contribution in [2.75, 3.05) is 0 Å². The van der Waals surface area contributed by atoms with Gasteiger partial charge in [0.1, 0.15) is 0 Å². The lowest BCUT2D eigenvalue weighted by molar-refractivity contribution is 1.07. The van der Waals surface area contributed by atoms with Gasteiger partial charge in [-0.3, -0.25) is 0 Å². The van der Waals surface area contributed by atoms with Crippen molar-refractivity contribution in [1.29, 1.82) is 0 Å². The third-order valence-electron chi connectivity index (χ3n) is 5.98. The summed E-state index contributed by atoms with van der Waals surface area (Å²) in [5, 5.41) is 3.11. The minimum atomic E-state index is 0.593. The fraction of sp³-hybridized carbons (Fsp3) is 0. The summed E-state index contributed by atoms with van der Waals surface area (Å²) in [6, 6.07) is 40.8. The first-order valence-electron chi connectivity index (χ1n) is 11.4. The third kappa shape index (κ3) is 4.42. The fourth-order valence-corrected chi connectivity index (χ4v) is 4.35. The number of halogens is 1. The number of hydrogen-bond acceptors (Lipinski definition) is 3. The van der Waals surface area contributed by atoms with Gasteiger partial charge in [-0.15, -0.1) is 0 Å². The van der Waals surface area contributed by atoms with Gasteiger partial charge in [0.15, 0.2) is 17.5 Å². The van der Waals surface area contributed by atoms with Gasteiger partial charge in [-0.05, 0) is 40.1 Å². The van der Waals surface area contributed by atoms with Crippen molar-refractivity contribution in [3.8, 4) is 45.3 Å². The van der Waals surface area contributed by atoms with Crippen molar-refractivity contribution in [2.24, 2.45) is 0 Å². The molecule has 0 saturated heterocycles. The second kappa shape index (κ2) is 9.13. The van der Waals surface area contributed by atoms with Crippen LogP contribution in [0.3, 0.4) is 0 Å². The fourth-order valence-electron chi connectivity index (χ4n) is 4.16. The second-order valence-electron chi connectivity index (χ2n) is 8.32. The maximum Gasteiger partial charge on any atom is 0.164 e. The van der Waals surface area contributed by atoms with E-state index in [-0.39, 0.29) is 0 Å². The quantitative estimate of drug-likeness (QED) is 0.260. The zero-order valence-corrected chi connectivity index (χ0v) is 19.5. The van der Waals surface area contributed by atoms with E-state index < -0.39 is 0 Å². The molecule has 0 saturated carbocycles. The standard InChI is InChI=1S/C31H20ClN3/c32-28-12-6-11-27(20-28)31-34-29(23-8-2-1-3-9-23)33-30(35-31)24-16-13-22(14-17-24)26-18-15-21-7-4-5-10-25(21)19-26/h1-20H. The molecule has 5 aromatic carbocycles. The van der Waals surface area contributed by atoms with E-state index in [2.05, 4.69) is 66.7 Å². The average molecular weight is 470 g/mol. The molecule has 0 aliphatic rings. The van der Waals surface area contributed by atoms with Crippen molar-refractivity contribution in [2.45, 2.75) is 0 Å². The van der Waals surface area contributed by atoms with Crippen LogP contribution < -0.4 is 0 Å². The molecule has 0 fully saturated rings. The van der Waals surface area contributed by atoms with E-state index >= 15 is 0 Å². The number of fused-ring (bicyclic) bond motifs is 1. The summed E-state index contributed by atoms with van der Waals surface area (Å²) in [4.78, 5) is 14.4. The van der Waals surface area contributed by atoms with E-state index in [0.29, 0.717) is 22.5 Å². The van der Waals surface area contributed by atoms with Crippen LogP contribution in [0.2, 0.25) is 5.02 Å². The summed E-state index contributed by atoms with van der Waals surface area (Å²) in [6.07, 6.45) is 0. The third-order valence-corrected chi connectivity index (χ3v) is 6.21. The van der Waals surface area contributed by atoms with Crippen molar-refractivity contribution >= 4 is 22.4 Å². The van der Waals surface area contributed by atoms with E-state index in [0.717, 1.165) is 22.3 Å². The Hall–Kier alpha value is -4.34. The average Bonchev–Trinajstić information content (AvgIpc) is 2.93. The van der Waals surface area contributed by atoms with E-state index in [9.17, 15) is 0 Å². The predicted molar refractivity (Wildman–Crippen MR) is 144 cm³/mol. The Balaban J connectivity index is 1.43.